The minimum Gasteiger partial charge on any atom is -0.480 e. The van der Waals surface area contributed by atoms with Gasteiger partial charge in [-0.1, -0.05) is 24.3 Å². The predicted molar refractivity (Wildman–Crippen MR) is 75.8 cm³/mol. The first-order valence-electron chi connectivity index (χ1n) is 6.64. The lowest BCUT2D eigenvalue weighted by atomic mass is 9.90. The molecular weight excluding hydrogens is 256 g/mol. The van der Waals surface area contributed by atoms with Gasteiger partial charge in [-0.05, 0) is 11.5 Å². The topological polar surface area (TPSA) is 71.5 Å². The van der Waals surface area contributed by atoms with Gasteiger partial charge in [-0.3, -0.25) is 0 Å². The first-order valence-corrected chi connectivity index (χ1v) is 6.64. The van der Waals surface area contributed by atoms with Crippen LogP contribution in [-0.4, -0.2) is 34.8 Å². The van der Waals surface area contributed by atoms with Crippen LogP contribution >= 0.6 is 0 Å². The molecule has 20 heavy (non-hydrogen) atoms. The third kappa shape index (κ3) is 2.20. The van der Waals surface area contributed by atoms with Crippen molar-refractivity contribution in [1.29, 1.82) is 0 Å². The van der Waals surface area contributed by atoms with Crippen molar-refractivity contribution in [1.82, 2.24) is 4.98 Å². The van der Waals surface area contributed by atoms with Crippen molar-refractivity contribution < 1.29 is 14.6 Å². The summed E-state index contributed by atoms with van der Waals surface area (Å²) in [5.74, 6) is -0.233. The highest BCUT2D eigenvalue weighted by Crippen LogP contribution is 2.29. The van der Waals surface area contributed by atoms with E-state index in [4.69, 9.17) is 4.74 Å². The molecule has 1 saturated heterocycles. The third-order valence-corrected chi connectivity index (χ3v) is 3.79. The van der Waals surface area contributed by atoms with Crippen LogP contribution in [0.25, 0.3) is 10.8 Å². The first kappa shape index (κ1) is 12.9. The molecule has 0 unspecified atom stereocenters. The summed E-state index contributed by atoms with van der Waals surface area (Å²) in [4.78, 5) is 16.0. The van der Waals surface area contributed by atoms with Crippen LogP contribution in [0.3, 0.4) is 0 Å². The SMILES string of the molecule is O=C(O)C1(Nc2nccc3ccccc23)CCOCC1. The molecule has 5 nitrogen and oxygen atoms in total. The number of nitrogens with zero attached hydrogens (tertiary/aromatic N) is 1. The van der Waals surface area contributed by atoms with E-state index in [2.05, 4.69) is 10.3 Å². The lowest BCUT2D eigenvalue weighted by Crippen LogP contribution is -2.50. The highest BCUT2D eigenvalue weighted by atomic mass is 16.5. The van der Waals surface area contributed by atoms with Crippen LogP contribution in [-0.2, 0) is 9.53 Å². The Bertz CT molecular complexity index is 631. The standard InChI is InChI=1S/C15H16N2O3/c18-14(19)15(6-9-20-10-7-15)17-13-12-4-2-1-3-11(12)5-8-16-13/h1-5,8H,6-7,9-10H2,(H,16,17)(H,18,19). The van der Waals surface area contributed by atoms with Gasteiger partial charge in [-0.25, -0.2) is 9.78 Å². The molecule has 0 aliphatic carbocycles. The number of carboxylic acids is 1. The van der Waals surface area contributed by atoms with E-state index in [0.29, 0.717) is 31.9 Å². The maximum absolute atomic E-state index is 11.7. The zero-order valence-electron chi connectivity index (χ0n) is 11.0. The minimum absolute atomic E-state index is 0.438. The summed E-state index contributed by atoms with van der Waals surface area (Å²) in [6.45, 7) is 0.897. The van der Waals surface area contributed by atoms with Gasteiger partial charge >= 0.3 is 5.97 Å². The fraction of sp³-hybridized carbons (Fsp3) is 0.333. The molecule has 2 heterocycles. The van der Waals surface area contributed by atoms with Crippen LogP contribution in [0.1, 0.15) is 12.8 Å². The van der Waals surface area contributed by atoms with E-state index in [-0.39, 0.29) is 0 Å². The smallest absolute Gasteiger partial charge is 0.329 e. The van der Waals surface area contributed by atoms with Crippen molar-refractivity contribution in [3.8, 4) is 0 Å². The second kappa shape index (κ2) is 5.09. The van der Waals surface area contributed by atoms with E-state index in [1.165, 1.54) is 0 Å². The summed E-state index contributed by atoms with van der Waals surface area (Å²) in [7, 11) is 0. The maximum Gasteiger partial charge on any atom is 0.329 e. The second-order valence-electron chi connectivity index (χ2n) is 5.01. The number of ether oxygens (including phenoxy) is 1. The maximum atomic E-state index is 11.7. The van der Waals surface area contributed by atoms with Crippen molar-refractivity contribution in [3.05, 3.63) is 36.5 Å². The van der Waals surface area contributed by atoms with Gasteiger partial charge in [0, 0.05) is 37.6 Å². The molecule has 1 aliphatic rings. The Morgan fingerprint density at radius 3 is 2.75 bits per heavy atom. The van der Waals surface area contributed by atoms with Crippen LogP contribution in [0, 0.1) is 0 Å². The summed E-state index contributed by atoms with van der Waals surface area (Å²) >= 11 is 0. The Labute approximate surface area is 116 Å². The average Bonchev–Trinajstić information content (AvgIpc) is 2.48. The highest BCUT2D eigenvalue weighted by Gasteiger charge is 2.40. The molecular formula is C15H16N2O3. The number of rotatable bonds is 3. The monoisotopic (exact) mass is 272 g/mol. The molecule has 2 N–H and O–H groups in total. The number of carbonyl (C=O) groups is 1. The van der Waals surface area contributed by atoms with Gasteiger partial charge in [0.15, 0.2) is 0 Å². The van der Waals surface area contributed by atoms with Gasteiger partial charge in [-0.2, -0.15) is 0 Å². The molecule has 0 spiro atoms. The lowest BCUT2D eigenvalue weighted by molar-refractivity contribution is -0.145. The lowest BCUT2D eigenvalue weighted by Gasteiger charge is -2.34. The number of benzene rings is 1. The van der Waals surface area contributed by atoms with E-state index in [1.807, 2.05) is 30.3 Å². The number of pyridine rings is 1. The normalized spacial score (nSPS) is 17.8. The molecule has 0 radical (unpaired) electrons. The first-order chi connectivity index (χ1) is 9.71. The molecule has 0 atom stereocenters. The van der Waals surface area contributed by atoms with E-state index in [9.17, 15) is 9.90 Å². The second-order valence-corrected chi connectivity index (χ2v) is 5.01. The molecule has 0 amide bonds. The number of aromatic nitrogens is 1. The van der Waals surface area contributed by atoms with Crippen LogP contribution in [0.4, 0.5) is 5.82 Å². The molecule has 1 aromatic heterocycles. The molecule has 2 aromatic rings. The molecule has 0 saturated carbocycles. The Kier molecular flexibility index (Phi) is 3.28. The Balaban J connectivity index is 2.00. The van der Waals surface area contributed by atoms with Crippen molar-refractivity contribution in [2.24, 2.45) is 0 Å². The summed E-state index contributed by atoms with van der Waals surface area (Å²) in [5, 5.41) is 14.7. The zero-order valence-corrected chi connectivity index (χ0v) is 11.0. The van der Waals surface area contributed by atoms with Gasteiger partial charge in [0.2, 0.25) is 0 Å². The molecule has 1 aromatic carbocycles. The number of carboxylic acid groups (broad SMARTS) is 1. The quantitative estimate of drug-likeness (QED) is 0.897. The fourth-order valence-electron chi connectivity index (χ4n) is 2.56. The summed E-state index contributed by atoms with van der Waals surface area (Å²) in [6.07, 6.45) is 2.57. The van der Waals surface area contributed by atoms with Crippen LogP contribution < -0.4 is 5.32 Å². The van der Waals surface area contributed by atoms with Crippen molar-refractivity contribution in [2.75, 3.05) is 18.5 Å². The number of nitrogens with one attached hydrogen (secondary N) is 1. The Hall–Kier alpha value is -2.14. The minimum atomic E-state index is -0.991. The number of hydrogen-bond donors (Lipinski definition) is 2. The largest absolute Gasteiger partial charge is 0.480 e. The van der Waals surface area contributed by atoms with Crippen LogP contribution in [0.15, 0.2) is 36.5 Å². The van der Waals surface area contributed by atoms with E-state index in [0.717, 1.165) is 10.8 Å². The zero-order chi connectivity index (χ0) is 14.0. The van der Waals surface area contributed by atoms with Gasteiger partial charge in [-0.15, -0.1) is 0 Å². The Morgan fingerprint density at radius 1 is 1.25 bits per heavy atom. The van der Waals surface area contributed by atoms with E-state index >= 15 is 0 Å². The van der Waals surface area contributed by atoms with Crippen molar-refractivity contribution in [3.63, 3.8) is 0 Å². The number of hydrogen-bond acceptors (Lipinski definition) is 4. The molecule has 1 fully saturated rings. The summed E-state index contributed by atoms with van der Waals surface area (Å²) in [6, 6.07) is 9.72. The molecule has 3 rings (SSSR count). The molecule has 5 heteroatoms. The molecule has 0 bridgehead atoms. The number of aliphatic carboxylic acids is 1. The van der Waals surface area contributed by atoms with Crippen LogP contribution in [0.2, 0.25) is 0 Å². The summed E-state index contributed by atoms with van der Waals surface area (Å²) < 4.78 is 5.28. The predicted octanol–water partition coefficient (Wildman–Crippen LogP) is 2.28. The van der Waals surface area contributed by atoms with E-state index in [1.54, 1.807) is 6.20 Å². The summed E-state index contributed by atoms with van der Waals surface area (Å²) in [5.41, 5.74) is -0.991. The fourth-order valence-corrected chi connectivity index (χ4v) is 2.56. The van der Waals surface area contributed by atoms with Crippen molar-refractivity contribution >= 4 is 22.6 Å². The van der Waals surface area contributed by atoms with Gasteiger partial charge in [0.25, 0.3) is 0 Å². The van der Waals surface area contributed by atoms with Crippen LogP contribution in [0.5, 0.6) is 0 Å². The van der Waals surface area contributed by atoms with Gasteiger partial charge in [0.1, 0.15) is 11.4 Å². The van der Waals surface area contributed by atoms with Gasteiger partial charge in [0.05, 0.1) is 0 Å². The number of fused-ring (bicyclic) bond motifs is 1. The average molecular weight is 272 g/mol. The van der Waals surface area contributed by atoms with Crippen molar-refractivity contribution in [2.45, 2.75) is 18.4 Å². The molecule has 1 aliphatic heterocycles. The Morgan fingerprint density at radius 2 is 2.00 bits per heavy atom. The van der Waals surface area contributed by atoms with E-state index < -0.39 is 11.5 Å². The molecule has 104 valence electrons. The highest BCUT2D eigenvalue weighted by molar-refractivity contribution is 5.94. The third-order valence-electron chi connectivity index (χ3n) is 3.79. The number of anilines is 1. The van der Waals surface area contributed by atoms with Gasteiger partial charge < -0.3 is 15.2 Å².